The van der Waals surface area contributed by atoms with E-state index in [1.54, 1.807) is 14.2 Å². The molecule has 0 radical (unpaired) electrons. The summed E-state index contributed by atoms with van der Waals surface area (Å²) < 4.78 is 24.8. The van der Waals surface area contributed by atoms with Crippen molar-refractivity contribution in [2.45, 2.75) is 6.61 Å². The fourth-order valence-electron chi connectivity index (χ4n) is 5.45. The average molecular weight is 658 g/mol. The second-order valence-electron chi connectivity index (χ2n) is 9.95. The third kappa shape index (κ3) is 5.72. The summed E-state index contributed by atoms with van der Waals surface area (Å²) in [4.78, 5) is 2.42. The number of hydrogen-bond acceptors (Lipinski definition) is 5. The number of fused-ring (bicyclic) bond motifs is 1. The maximum absolute atomic E-state index is 6.56. The highest BCUT2D eigenvalue weighted by molar-refractivity contribution is 14.1. The lowest BCUT2D eigenvalue weighted by Gasteiger charge is -2.32. The molecular weight excluding hydrogens is 625 g/mol. The first-order valence-corrected chi connectivity index (χ1v) is 14.8. The predicted molar refractivity (Wildman–Crippen MR) is 174 cm³/mol. The van der Waals surface area contributed by atoms with Gasteiger partial charge in [-0.05, 0) is 69.4 Å². The van der Waals surface area contributed by atoms with Crippen molar-refractivity contribution in [1.82, 2.24) is 0 Å². The maximum Gasteiger partial charge on any atom is 0.130 e. The third-order valence-electron chi connectivity index (χ3n) is 7.52. The summed E-state index contributed by atoms with van der Waals surface area (Å²) in [6, 6.07) is 33.7. The number of benzene rings is 5. The lowest BCUT2D eigenvalue weighted by molar-refractivity contribution is 0.123. The number of hydrogen-bond donors (Lipinski definition) is 0. The van der Waals surface area contributed by atoms with E-state index in [-0.39, 0.29) is 0 Å². The molecule has 1 aliphatic rings. The number of ether oxygens (including phenoxy) is 4. The molecule has 0 spiro atoms. The molecule has 1 fully saturated rings. The third-order valence-corrected chi connectivity index (χ3v) is 8.37. The zero-order valence-corrected chi connectivity index (χ0v) is 25.4. The highest BCUT2D eigenvalue weighted by Gasteiger charge is 2.23. The van der Waals surface area contributed by atoms with Crippen molar-refractivity contribution in [2.24, 2.45) is 0 Å². The Morgan fingerprint density at radius 3 is 2.17 bits per heavy atom. The van der Waals surface area contributed by atoms with Crippen molar-refractivity contribution >= 4 is 39.1 Å². The fraction of sp³-hybridized carbons (Fsp3) is 0.200. The Morgan fingerprint density at radius 2 is 1.46 bits per heavy atom. The van der Waals surface area contributed by atoms with Crippen LogP contribution in [-0.2, 0) is 11.3 Å². The summed E-state index contributed by atoms with van der Waals surface area (Å²) in [6.07, 6.45) is 0. The summed E-state index contributed by atoms with van der Waals surface area (Å²) in [6.45, 7) is 3.52. The minimum atomic E-state index is 0.489. The van der Waals surface area contributed by atoms with E-state index < -0.39 is 0 Å². The molecule has 5 aromatic rings. The lowest BCUT2D eigenvalue weighted by atomic mass is 9.92. The fourth-order valence-corrected chi connectivity index (χ4v) is 6.33. The second-order valence-corrected chi connectivity index (χ2v) is 11.1. The Labute approximate surface area is 254 Å². The quantitative estimate of drug-likeness (QED) is 0.157. The van der Waals surface area contributed by atoms with Crippen molar-refractivity contribution in [3.05, 3.63) is 106 Å². The molecule has 208 valence electrons. The van der Waals surface area contributed by atoms with Gasteiger partial charge in [0.05, 0.1) is 27.4 Å². The van der Waals surface area contributed by atoms with Crippen LogP contribution in [0.2, 0.25) is 0 Å². The van der Waals surface area contributed by atoms with E-state index in [1.165, 1.54) is 11.1 Å². The standard InChI is InChI=1S/C35H32INO4/c1-38-26-13-14-27(33(19-26)39-2)28-20-29-30(21-32(28)37-15-17-40-18-16-37)35(25-11-7-4-8-12-25)31(36)22-34(29)41-23-24-9-5-3-6-10-24/h3-14,19-22H,15-18,23H2,1-2H3. The van der Waals surface area contributed by atoms with Gasteiger partial charge in [-0.15, -0.1) is 0 Å². The molecule has 5 nitrogen and oxygen atoms in total. The average Bonchev–Trinajstić information content (AvgIpc) is 3.04. The van der Waals surface area contributed by atoms with E-state index in [9.17, 15) is 0 Å². The molecule has 1 heterocycles. The van der Waals surface area contributed by atoms with Gasteiger partial charge in [0.15, 0.2) is 0 Å². The van der Waals surface area contributed by atoms with Crippen molar-refractivity contribution in [3.8, 4) is 39.5 Å². The summed E-state index contributed by atoms with van der Waals surface area (Å²) in [5, 5.41) is 2.22. The summed E-state index contributed by atoms with van der Waals surface area (Å²) in [7, 11) is 3.38. The van der Waals surface area contributed by atoms with E-state index in [1.807, 2.05) is 30.3 Å². The first kappa shape index (κ1) is 27.4. The Morgan fingerprint density at radius 1 is 0.732 bits per heavy atom. The number of rotatable bonds is 8. The first-order chi connectivity index (χ1) is 20.2. The van der Waals surface area contributed by atoms with Gasteiger partial charge >= 0.3 is 0 Å². The van der Waals surface area contributed by atoms with Gasteiger partial charge in [0.2, 0.25) is 0 Å². The van der Waals surface area contributed by atoms with E-state index in [0.717, 1.165) is 67.1 Å². The Bertz CT molecular complexity index is 1650. The van der Waals surface area contributed by atoms with Crippen LogP contribution in [0.25, 0.3) is 33.0 Å². The van der Waals surface area contributed by atoms with Crippen molar-refractivity contribution in [1.29, 1.82) is 0 Å². The highest BCUT2D eigenvalue weighted by Crippen LogP contribution is 2.46. The number of halogens is 1. The van der Waals surface area contributed by atoms with E-state index >= 15 is 0 Å². The number of methoxy groups -OCH3 is 2. The van der Waals surface area contributed by atoms with Gasteiger partial charge in [-0.1, -0.05) is 60.7 Å². The number of morpholine rings is 1. The van der Waals surface area contributed by atoms with Crippen LogP contribution in [0, 0.1) is 3.57 Å². The van der Waals surface area contributed by atoms with Crippen LogP contribution < -0.4 is 19.1 Å². The smallest absolute Gasteiger partial charge is 0.130 e. The molecular formula is C35H32INO4. The normalized spacial score (nSPS) is 13.3. The van der Waals surface area contributed by atoms with Crippen LogP contribution in [0.3, 0.4) is 0 Å². The molecule has 0 atom stereocenters. The Kier molecular flexibility index (Phi) is 8.30. The number of nitrogens with zero attached hydrogens (tertiary/aromatic N) is 1. The molecule has 0 amide bonds. The van der Waals surface area contributed by atoms with E-state index in [2.05, 4.69) is 94.2 Å². The van der Waals surface area contributed by atoms with Gasteiger partial charge in [0, 0.05) is 50.5 Å². The second kappa shape index (κ2) is 12.4. The van der Waals surface area contributed by atoms with Gasteiger partial charge in [0.25, 0.3) is 0 Å². The van der Waals surface area contributed by atoms with Gasteiger partial charge in [-0.25, -0.2) is 0 Å². The highest BCUT2D eigenvalue weighted by atomic mass is 127. The van der Waals surface area contributed by atoms with Crippen molar-refractivity contribution in [3.63, 3.8) is 0 Å². The topological polar surface area (TPSA) is 40.2 Å². The molecule has 6 rings (SSSR count). The monoisotopic (exact) mass is 657 g/mol. The minimum absolute atomic E-state index is 0.489. The molecule has 0 N–H and O–H groups in total. The molecule has 1 saturated heterocycles. The molecule has 5 aromatic carbocycles. The first-order valence-electron chi connectivity index (χ1n) is 13.7. The van der Waals surface area contributed by atoms with Crippen LogP contribution in [0.5, 0.6) is 17.2 Å². The molecule has 6 heteroatoms. The zero-order chi connectivity index (χ0) is 28.2. The van der Waals surface area contributed by atoms with Gasteiger partial charge in [0.1, 0.15) is 23.9 Å². The SMILES string of the molecule is COc1ccc(-c2cc3c(OCc4ccccc4)cc(I)c(-c4ccccc4)c3cc2N2CCOCC2)c(OC)c1. The van der Waals surface area contributed by atoms with Crippen molar-refractivity contribution in [2.75, 3.05) is 45.4 Å². The van der Waals surface area contributed by atoms with Gasteiger partial charge in [-0.3, -0.25) is 0 Å². The Hall–Kier alpha value is -3.75. The molecule has 0 aromatic heterocycles. The van der Waals surface area contributed by atoms with Crippen LogP contribution in [0.15, 0.2) is 97.1 Å². The maximum atomic E-state index is 6.56. The molecule has 0 unspecified atom stereocenters. The molecule has 0 bridgehead atoms. The molecule has 0 saturated carbocycles. The van der Waals surface area contributed by atoms with Crippen molar-refractivity contribution < 1.29 is 18.9 Å². The van der Waals surface area contributed by atoms with E-state index in [0.29, 0.717) is 19.8 Å². The molecule has 41 heavy (non-hydrogen) atoms. The largest absolute Gasteiger partial charge is 0.497 e. The predicted octanol–water partition coefficient (Wildman–Crippen LogP) is 8.21. The van der Waals surface area contributed by atoms with Crippen LogP contribution in [0.1, 0.15) is 5.56 Å². The van der Waals surface area contributed by atoms with Gasteiger partial charge in [-0.2, -0.15) is 0 Å². The summed E-state index contributed by atoms with van der Waals surface area (Å²) in [5.41, 5.74) is 6.76. The lowest BCUT2D eigenvalue weighted by Crippen LogP contribution is -2.36. The van der Waals surface area contributed by atoms with Crippen LogP contribution in [0.4, 0.5) is 5.69 Å². The Balaban J connectivity index is 1.62. The molecule has 1 aliphatic heterocycles. The van der Waals surface area contributed by atoms with Crippen LogP contribution >= 0.6 is 22.6 Å². The summed E-state index contributed by atoms with van der Waals surface area (Å²) >= 11 is 2.45. The van der Waals surface area contributed by atoms with Gasteiger partial charge < -0.3 is 23.8 Å². The zero-order valence-electron chi connectivity index (χ0n) is 23.2. The molecule has 0 aliphatic carbocycles. The number of anilines is 1. The minimum Gasteiger partial charge on any atom is -0.497 e. The summed E-state index contributed by atoms with van der Waals surface area (Å²) in [5.74, 6) is 2.38. The van der Waals surface area contributed by atoms with Crippen LogP contribution in [-0.4, -0.2) is 40.5 Å². The van der Waals surface area contributed by atoms with E-state index in [4.69, 9.17) is 18.9 Å².